The molecule has 1 N–H and O–H groups in total. The van der Waals surface area contributed by atoms with Crippen LogP contribution in [0.2, 0.25) is 0 Å². The van der Waals surface area contributed by atoms with Gasteiger partial charge in [-0.25, -0.2) is 0 Å². The Morgan fingerprint density at radius 2 is 2.05 bits per heavy atom. The average Bonchev–Trinajstić information content (AvgIpc) is 2.51. The van der Waals surface area contributed by atoms with Crippen molar-refractivity contribution in [1.29, 1.82) is 0 Å². The van der Waals surface area contributed by atoms with Gasteiger partial charge in [0.15, 0.2) is 0 Å². The van der Waals surface area contributed by atoms with E-state index in [4.69, 9.17) is 4.74 Å². The third-order valence-corrected chi connectivity index (χ3v) is 3.53. The molecule has 112 valence electrons. The molecule has 0 unspecified atom stereocenters. The second-order valence-electron chi connectivity index (χ2n) is 4.84. The SMILES string of the molecule is CCC(=O)N(CC)Cc1cc2cc(OC)ccc2[nH]c1=O. The normalized spacial score (nSPS) is 10.6. The fourth-order valence-corrected chi connectivity index (χ4v) is 2.28. The number of H-pyrrole nitrogens is 1. The van der Waals surface area contributed by atoms with Crippen molar-refractivity contribution in [3.8, 4) is 5.75 Å². The van der Waals surface area contributed by atoms with Gasteiger partial charge >= 0.3 is 0 Å². The highest BCUT2D eigenvalue weighted by Crippen LogP contribution is 2.19. The smallest absolute Gasteiger partial charge is 0.253 e. The minimum absolute atomic E-state index is 0.0441. The number of carbonyl (C=O) groups is 1. The lowest BCUT2D eigenvalue weighted by Gasteiger charge is -2.20. The average molecular weight is 288 g/mol. The van der Waals surface area contributed by atoms with Crippen LogP contribution in [0.4, 0.5) is 0 Å². The van der Waals surface area contributed by atoms with E-state index in [0.29, 0.717) is 25.1 Å². The highest BCUT2D eigenvalue weighted by Gasteiger charge is 2.12. The summed E-state index contributed by atoms with van der Waals surface area (Å²) in [6.45, 7) is 4.64. The number of rotatable bonds is 5. The maximum absolute atomic E-state index is 12.1. The molecular weight excluding hydrogens is 268 g/mol. The van der Waals surface area contributed by atoms with Gasteiger partial charge in [-0.15, -0.1) is 0 Å². The van der Waals surface area contributed by atoms with Crippen LogP contribution < -0.4 is 10.3 Å². The number of amides is 1. The first-order chi connectivity index (χ1) is 10.1. The third-order valence-electron chi connectivity index (χ3n) is 3.53. The van der Waals surface area contributed by atoms with E-state index in [-0.39, 0.29) is 11.5 Å². The van der Waals surface area contributed by atoms with Crippen LogP contribution in [0.3, 0.4) is 0 Å². The van der Waals surface area contributed by atoms with Crippen molar-refractivity contribution in [2.24, 2.45) is 0 Å². The van der Waals surface area contributed by atoms with Gasteiger partial charge in [0, 0.05) is 29.4 Å². The third kappa shape index (κ3) is 3.24. The minimum Gasteiger partial charge on any atom is -0.497 e. The van der Waals surface area contributed by atoms with Gasteiger partial charge in [-0.2, -0.15) is 0 Å². The number of aromatic nitrogens is 1. The van der Waals surface area contributed by atoms with Crippen LogP contribution in [0.5, 0.6) is 5.75 Å². The summed E-state index contributed by atoms with van der Waals surface area (Å²) >= 11 is 0. The Morgan fingerprint density at radius 3 is 2.67 bits per heavy atom. The highest BCUT2D eigenvalue weighted by molar-refractivity contribution is 5.81. The monoisotopic (exact) mass is 288 g/mol. The van der Waals surface area contributed by atoms with Gasteiger partial charge in [0.2, 0.25) is 5.91 Å². The fraction of sp³-hybridized carbons (Fsp3) is 0.375. The summed E-state index contributed by atoms with van der Waals surface area (Å²) < 4.78 is 5.19. The van der Waals surface area contributed by atoms with Crippen molar-refractivity contribution >= 4 is 16.8 Å². The molecule has 1 aromatic carbocycles. The maximum atomic E-state index is 12.1. The van der Waals surface area contributed by atoms with Crippen molar-refractivity contribution in [2.75, 3.05) is 13.7 Å². The number of ether oxygens (including phenoxy) is 1. The zero-order chi connectivity index (χ0) is 15.4. The van der Waals surface area contributed by atoms with Crippen LogP contribution in [-0.2, 0) is 11.3 Å². The number of aromatic amines is 1. The molecule has 0 aliphatic heterocycles. The Morgan fingerprint density at radius 1 is 1.29 bits per heavy atom. The summed E-state index contributed by atoms with van der Waals surface area (Å²) in [6, 6.07) is 7.31. The molecule has 0 aliphatic carbocycles. The molecule has 0 aliphatic rings. The molecule has 1 amide bonds. The predicted octanol–water partition coefficient (Wildman–Crippen LogP) is 2.30. The fourth-order valence-electron chi connectivity index (χ4n) is 2.28. The van der Waals surface area contributed by atoms with E-state index in [1.165, 1.54) is 0 Å². The number of benzene rings is 1. The van der Waals surface area contributed by atoms with E-state index in [2.05, 4.69) is 4.98 Å². The van der Waals surface area contributed by atoms with Crippen molar-refractivity contribution in [3.05, 3.63) is 40.2 Å². The summed E-state index contributed by atoms with van der Waals surface area (Å²) in [5, 5.41) is 0.893. The zero-order valence-corrected chi connectivity index (χ0v) is 12.6. The molecule has 2 rings (SSSR count). The van der Waals surface area contributed by atoms with Crippen molar-refractivity contribution in [2.45, 2.75) is 26.8 Å². The van der Waals surface area contributed by atoms with Gasteiger partial charge in [-0.05, 0) is 31.2 Å². The summed E-state index contributed by atoms with van der Waals surface area (Å²) in [4.78, 5) is 28.5. The molecule has 0 saturated heterocycles. The summed E-state index contributed by atoms with van der Waals surface area (Å²) in [7, 11) is 1.60. The second kappa shape index (κ2) is 6.43. The summed E-state index contributed by atoms with van der Waals surface area (Å²) in [5.74, 6) is 0.778. The first-order valence-electron chi connectivity index (χ1n) is 7.06. The molecule has 0 spiro atoms. The number of carbonyl (C=O) groups excluding carboxylic acids is 1. The minimum atomic E-state index is -0.157. The van der Waals surface area contributed by atoms with Gasteiger partial charge in [0.25, 0.3) is 5.56 Å². The van der Waals surface area contributed by atoms with Gasteiger partial charge in [-0.3, -0.25) is 9.59 Å². The predicted molar refractivity (Wildman–Crippen MR) is 82.5 cm³/mol. The molecule has 5 heteroatoms. The first-order valence-corrected chi connectivity index (χ1v) is 7.06. The number of nitrogens with zero attached hydrogens (tertiary/aromatic N) is 1. The van der Waals surface area contributed by atoms with Gasteiger partial charge in [0.05, 0.1) is 13.7 Å². The number of nitrogens with one attached hydrogen (secondary N) is 1. The molecule has 0 saturated carbocycles. The topological polar surface area (TPSA) is 62.4 Å². The quantitative estimate of drug-likeness (QED) is 0.918. The van der Waals surface area contributed by atoms with Crippen molar-refractivity contribution in [3.63, 3.8) is 0 Å². The number of methoxy groups -OCH3 is 1. The molecular formula is C16H20N2O3. The molecule has 0 fully saturated rings. The van der Waals surface area contributed by atoms with Gasteiger partial charge in [-0.1, -0.05) is 6.92 Å². The van der Waals surface area contributed by atoms with Crippen LogP contribution in [0.25, 0.3) is 10.9 Å². The van der Waals surface area contributed by atoms with Crippen LogP contribution in [0.15, 0.2) is 29.1 Å². The van der Waals surface area contributed by atoms with E-state index in [1.807, 2.05) is 32.0 Å². The summed E-state index contributed by atoms with van der Waals surface area (Å²) in [5.41, 5.74) is 1.18. The molecule has 0 atom stereocenters. The number of fused-ring (bicyclic) bond motifs is 1. The molecule has 21 heavy (non-hydrogen) atoms. The molecule has 0 radical (unpaired) electrons. The molecule has 2 aromatic rings. The van der Waals surface area contributed by atoms with Crippen LogP contribution >= 0.6 is 0 Å². The Labute approximate surface area is 123 Å². The molecule has 1 heterocycles. The van der Waals surface area contributed by atoms with E-state index in [0.717, 1.165) is 16.7 Å². The lowest BCUT2D eigenvalue weighted by Crippen LogP contribution is -2.32. The van der Waals surface area contributed by atoms with Crippen LogP contribution in [0.1, 0.15) is 25.8 Å². The molecule has 5 nitrogen and oxygen atoms in total. The van der Waals surface area contributed by atoms with Gasteiger partial charge < -0.3 is 14.6 Å². The Hall–Kier alpha value is -2.30. The Balaban J connectivity index is 2.41. The lowest BCUT2D eigenvalue weighted by atomic mass is 10.1. The zero-order valence-electron chi connectivity index (χ0n) is 12.6. The Bertz CT molecular complexity index is 706. The number of hydrogen-bond acceptors (Lipinski definition) is 3. The second-order valence-corrected chi connectivity index (χ2v) is 4.84. The van der Waals surface area contributed by atoms with Crippen molar-refractivity contribution < 1.29 is 9.53 Å². The van der Waals surface area contributed by atoms with E-state index in [1.54, 1.807) is 18.1 Å². The molecule has 1 aromatic heterocycles. The van der Waals surface area contributed by atoms with E-state index in [9.17, 15) is 9.59 Å². The summed E-state index contributed by atoms with van der Waals surface area (Å²) in [6.07, 6.45) is 0.438. The van der Waals surface area contributed by atoms with Crippen LogP contribution in [-0.4, -0.2) is 29.4 Å². The van der Waals surface area contributed by atoms with E-state index >= 15 is 0 Å². The number of pyridine rings is 1. The number of hydrogen-bond donors (Lipinski definition) is 1. The van der Waals surface area contributed by atoms with E-state index < -0.39 is 0 Å². The molecule has 0 bridgehead atoms. The highest BCUT2D eigenvalue weighted by atomic mass is 16.5. The van der Waals surface area contributed by atoms with Gasteiger partial charge in [0.1, 0.15) is 5.75 Å². The Kier molecular flexibility index (Phi) is 4.62. The lowest BCUT2D eigenvalue weighted by molar-refractivity contribution is -0.131. The largest absolute Gasteiger partial charge is 0.497 e. The maximum Gasteiger partial charge on any atom is 0.253 e. The first kappa shape index (κ1) is 15.1. The van der Waals surface area contributed by atoms with Crippen molar-refractivity contribution in [1.82, 2.24) is 9.88 Å². The van der Waals surface area contributed by atoms with Crippen LogP contribution in [0, 0.1) is 0 Å². The standard InChI is InChI=1S/C16H20N2O3/c1-4-15(19)18(5-2)10-12-8-11-9-13(21-3)6-7-14(11)17-16(12)20/h6-9H,4-5,10H2,1-3H3,(H,17,20).